The van der Waals surface area contributed by atoms with Gasteiger partial charge in [-0.05, 0) is 59.7 Å². The first-order valence-electron chi connectivity index (χ1n) is 9.08. The van der Waals surface area contributed by atoms with Crippen LogP contribution >= 0.6 is 0 Å². The van der Waals surface area contributed by atoms with Crippen LogP contribution in [0.5, 0.6) is 17.2 Å². The van der Waals surface area contributed by atoms with Crippen molar-refractivity contribution in [3.05, 3.63) is 90.0 Å². The van der Waals surface area contributed by atoms with Gasteiger partial charge in [0.15, 0.2) is 6.61 Å². The molecule has 29 heavy (non-hydrogen) atoms. The van der Waals surface area contributed by atoms with Crippen LogP contribution in [0.25, 0.3) is 0 Å². The highest BCUT2D eigenvalue weighted by molar-refractivity contribution is 5.83. The van der Waals surface area contributed by atoms with Crippen LogP contribution in [-0.2, 0) is 11.4 Å². The molecule has 6 heteroatoms. The summed E-state index contributed by atoms with van der Waals surface area (Å²) < 4.78 is 16.2. The van der Waals surface area contributed by atoms with E-state index in [9.17, 15) is 4.79 Å². The quantitative estimate of drug-likeness (QED) is 0.446. The third-order valence-corrected chi connectivity index (χ3v) is 3.96. The lowest BCUT2D eigenvalue weighted by atomic mass is 10.2. The Bertz CT molecular complexity index is 923. The van der Waals surface area contributed by atoms with Gasteiger partial charge in [0.25, 0.3) is 5.91 Å². The fourth-order valence-electron chi connectivity index (χ4n) is 2.42. The third kappa shape index (κ3) is 6.70. The second-order valence-corrected chi connectivity index (χ2v) is 6.10. The summed E-state index contributed by atoms with van der Waals surface area (Å²) in [5, 5.41) is 3.94. The molecule has 1 N–H and O–H groups in total. The van der Waals surface area contributed by atoms with Gasteiger partial charge < -0.3 is 14.2 Å². The molecule has 0 heterocycles. The van der Waals surface area contributed by atoms with Gasteiger partial charge in [-0.15, -0.1) is 0 Å². The monoisotopic (exact) mass is 390 g/mol. The number of rotatable bonds is 9. The standard InChI is InChI=1S/C23H22N2O4/c1-27-20-11-13-22(14-12-20)29-17-23(26)25-24-15-18-7-9-21(10-8-18)28-16-19-5-3-2-4-6-19/h2-15H,16-17H2,1H3,(H,25,26)/b24-15-. The Morgan fingerprint density at radius 2 is 1.48 bits per heavy atom. The number of methoxy groups -OCH3 is 1. The van der Waals surface area contributed by atoms with Gasteiger partial charge in [0.1, 0.15) is 23.9 Å². The van der Waals surface area contributed by atoms with E-state index in [1.54, 1.807) is 37.6 Å². The maximum atomic E-state index is 11.8. The zero-order valence-corrected chi connectivity index (χ0v) is 16.1. The van der Waals surface area contributed by atoms with Crippen LogP contribution in [0.2, 0.25) is 0 Å². The molecule has 0 bridgehead atoms. The number of benzene rings is 3. The van der Waals surface area contributed by atoms with Crippen molar-refractivity contribution in [3.63, 3.8) is 0 Å². The molecule has 148 valence electrons. The highest BCUT2D eigenvalue weighted by Gasteiger charge is 2.02. The molecule has 0 atom stereocenters. The molecule has 0 aliphatic rings. The molecule has 0 radical (unpaired) electrons. The second-order valence-electron chi connectivity index (χ2n) is 6.10. The lowest BCUT2D eigenvalue weighted by Crippen LogP contribution is -2.24. The average molecular weight is 390 g/mol. The van der Waals surface area contributed by atoms with Gasteiger partial charge in [0.2, 0.25) is 0 Å². The summed E-state index contributed by atoms with van der Waals surface area (Å²) in [6.45, 7) is 0.383. The van der Waals surface area contributed by atoms with Gasteiger partial charge in [0, 0.05) is 0 Å². The predicted molar refractivity (Wildman–Crippen MR) is 111 cm³/mol. The second kappa shape index (κ2) is 10.5. The van der Waals surface area contributed by atoms with E-state index in [1.807, 2.05) is 54.6 Å². The molecule has 0 saturated carbocycles. The van der Waals surface area contributed by atoms with Crippen molar-refractivity contribution < 1.29 is 19.0 Å². The van der Waals surface area contributed by atoms with Gasteiger partial charge in [-0.3, -0.25) is 4.79 Å². The number of hydrogen-bond acceptors (Lipinski definition) is 5. The number of nitrogens with zero attached hydrogens (tertiary/aromatic N) is 1. The molecule has 0 aromatic heterocycles. The third-order valence-electron chi connectivity index (χ3n) is 3.96. The smallest absolute Gasteiger partial charge is 0.277 e. The molecule has 0 spiro atoms. The highest BCUT2D eigenvalue weighted by atomic mass is 16.5. The molecule has 0 saturated heterocycles. The maximum absolute atomic E-state index is 11.8. The number of ether oxygens (including phenoxy) is 3. The van der Waals surface area contributed by atoms with E-state index in [1.165, 1.54) is 0 Å². The fourth-order valence-corrected chi connectivity index (χ4v) is 2.42. The summed E-state index contributed by atoms with van der Waals surface area (Å²) in [6.07, 6.45) is 1.56. The van der Waals surface area contributed by atoms with Crippen LogP contribution in [0.3, 0.4) is 0 Å². The Labute approximate surface area is 169 Å². The van der Waals surface area contributed by atoms with Crippen LogP contribution in [0.1, 0.15) is 11.1 Å². The number of hydrazone groups is 1. The summed E-state index contributed by atoms with van der Waals surface area (Å²) >= 11 is 0. The van der Waals surface area contributed by atoms with Crippen LogP contribution in [-0.4, -0.2) is 25.8 Å². The Balaban J connectivity index is 1.40. The first-order valence-corrected chi connectivity index (χ1v) is 9.08. The average Bonchev–Trinajstić information content (AvgIpc) is 2.78. The minimum atomic E-state index is -0.347. The van der Waals surface area contributed by atoms with E-state index >= 15 is 0 Å². The fraction of sp³-hybridized carbons (Fsp3) is 0.130. The van der Waals surface area contributed by atoms with Crippen molar-refractivity contribution in [1.82, 2.24) is 5.43 Å². The normalized spacial score (nSPS) is 10.5. The van der Waals surface area contributed by atoms with E-state index in [0.717, 1.165) is 22.6 Å². The Kier molecular flexibility index (Phi) is 7.23. The minimum absolute atomic E-state index is 0.129. The predicted octanol–water partition coefficient (Wildman–Crippen LogP) is 3.80. The van der Waals surface area contributed by atoms with Crippen LogP contribution in [0.4, 0.5) is 0 Å². The van der Waals surface area contributed by atoms with E-state index in [0.29, 0.717) is 12.4 Å². The van der Waals surface area contributed by atoms with Crippen LogP contribution in [0, 0.1) is 0 Å². The summed E-state index contributed by atoms with van der Waals surface area (Å²) in [6, 6.07) is 24.4. The van der Waals surface area contributed by atoms with Crippen molar-refractivity contribution in [3.8, 4) is 17.2 Å². The summed E-state index contributed by atoms with van der Waals surface area (Å²) in [4.78, 5) is 11.8. The van der Waals surface area contributed by atoms with Crippen molar-refractivity contribution in [2.75, 3.05) is 13.7 Å². The van der Waals surface area contributed by atoms with Crippen molar-refractivity contribution >= 4 is 12.1 Å². The molecular formula is C23H22N2O4. The van der Waals surface area contributed by atoms with E-state index in [-0.39, 0.29) is 12.5 Å². The number of hydrogen-bond donors (Lipinski definition) is 1. The molecular weight excluding hydrogens is 368 g/mol. The van der Waals surface area contributed by atoms with Crippen LogP contribution in [0.15, 0.2) is 84.0 Å². The van der Waals surface area contributed by atoms with Gasteiger partial charge in [0.05, 0.1) is 13.3 Å². The van der Waals surface area contributed by atoms with Crippen LogP contribution < -0.4 is 19.6 Å². The largest absolute Gasteiger partial charge is 0.497 e. The van der Waals surface area contributed by atoms with Gasteiger partial charge in [-0.1, -0.05) is 30.3 Å². The molecule has 3 aromatic rings. The SMILES string of the molecule is COc1ccc(OCC(=O)N/N=C\c2ccc(OCc3ccccc3)cc2)cc1. The molecule has 1 amide bonds. The Hall–Kier alpha value is -3.80. The number of amides is 1. The van der Waals surface area contributed by atoms with Crippen molar-refractivity contribution in [2.24, 2.45) is 5.10 Å². The molecule has 0 fully saturated rings. The lowest BCUT2D eigenvalue weighted by Gasteiger charge is -2.06. The number of carbonyl (C=O) groups is 1. The minimum Gasteiger partial charge on any atom is -0.497 e. The zero-order valence-electron chi connectivity index (χ0n) is 16.1. The van der Waals surface area contributed by atoms with E-state index in [4.69, 9.17) is 14.2 Å². The summed E-state index contributed by atoms with van der Waals surface area (Å²) in [5.74, 6) is 1.72. The number of nitrogens with one attached hydrogen (secondary N) is 1. The first kappa shape index (κ1) is 19.9. The molecule has 3 aromatic carbocycles. The first-order chi connectivity index (χ1) is 14.2. The maximum Gasteiger partial charge on any atom is 0.277 e. The Morgan fingerprint density at radius 3 is 2.17 bits per heavy atom. The topological polar surface area (TPSA) is 69.2 Å². The lowest BCUT2D eigenvalue weighted by molar-refractivity contribution is -0.123. The van der Waals surface area contributed by atoms with Gasteiger partial charge in [-0.25, -0.2) is 5.43 Å². The highest BCUT2D eigenvalue weighted by Crippen LogP contribution is 2.17. The molecule has 3 rings (SSSR count). The summed E-state index contributed by atoms with van der Waals surface area (Å²) in [5.41, 5.74) is 4.38. The van der Waals surface area contributed by atoms with E-state index in [2.05, 4.69) is 10.5 Å². The van der Waals surface area contributed by atoms with Crippen molar-refractivity contribution in [1.29, 1.82) is 0 Å². The molecule has 0 aliphatic heterocycles. The Morgan fingerprint density at radius 1 is 0.862 bits per heavy atom. The van der Waals surface area contributed by atoms with Gasteiger partial charge >= 0.3 is 0 Å². The molecule has 6 nitrogen and oxygen atoms in total. The zero-order chi connectivity index (χ0) is 20.3. The summed E-state index contributed by atoms with van der Waals surface area (Å²) in [7, 11) is 1.59. The van der Waals surface area contributed by atoms with Gasteiger partial charge in [-0.2, -0.15) is 5.10 Å². The molecule has 0 unspecified atom stereocenters. The van der Waals surface area contributed by atoms with E-state index < -0.39 is 0 Å². The van der Waals surface area contributed by atoms with Crippen molar-refractivity contribution in [2.45, 2.75) is 6.61 Å². The molecule has 0 aliphatic carbocycles. The number of carbonyl (C=O) groups excluding carboxylic acids is 1.